The number of carbonyl (C=O) groups is 1. The van der Waals surface area contributed by atoms with Crippen molar-refractivity contribution in [2.75, 3.05) is 11.9 Å². The van der Waals surface area contributed by atoms with Gasteiger partial charge in [0.25, 0.3) is 0 Å². The summed E-state index contributed by atoms with van der Waals surface area (Å²) in [5, 5.41) is 3.99. The van der Waals surface area contributed by atoms with Crippen molar-refractivity contribution in [3.05, 3.63) is 5.82 Å². The average Bonchev–Trinajstić information content (AvgIpc) is 2.95. The van der Waals surface area contributed by atoms with Gasteiger partial charge in [0.2, 0.25) is 11.0 Å². The van der Waals surface area contributed by atoms with Gasteiger partial charge in [-0.1, -0.05) is 20.8 Å². The third-order valence-corrected chi connectivity index (χ3v) is 3.68. The third kappa shape index (κ3) is 3.63. The first kappa shape index (κ1) is 14.2. The highest BCUT2D eigenvalue weighted by Gasteiger charge is 2.29. The molecule has 2 heterocycles. The number of nitrogens with two attached hydrogens (primary N) is 1. The monoisotopic (exact) mass is 284 g/mol. The van der Waals surface area contributed by atoms with Gasteiger partial charge in [-0.05, 0) is 12.8 Å². The lowest BCUT2D eigenvalue weighted by atomic mass is 9.96. The van der Waals surface area contributed by atoms with E-state index >= 15 is 0 Å². The van der Waals surface area contributed by atoms with Crippen molar-refractivity contribution in [1.82, 2.24) is 9.36 Å². The molecule has 106 valence electrons. The van der Waals surface area contributed by atoms with E-state index in [4.69, 9.17) is 10.5 Å². The first-order valence-corrected chi connectivity index (χ1v) is 7.16. The molecule has 1 saturated heterocycles. The summed E-state index contributed by atoms with van der Waals surface area (Å²) in [7, 11) is 0. The normalized spacial score (nSPS) is 23.5. The summed E-state index contributed by atoms with van der Waals surface area (Å²) in [6.07, 6.45) is 1.11. The van der Waals surface area contributed by atoms with Gasteiger partial charge in [-0.2, -0.15) is 4.37 Å². The number of aromatic nitrogens is 2. The molecule has 0 spiro atoms. The van der Waals surface area contributed by atoms with Crippen molar-refractivity contribution in [3.63, 3.8) is 0 Å². The minimum Gasteiger partial charge on any atom is -0.367 e. The molecule has 0 aliphatic carbocycles. The zero-order valence-electron chi connectivity index (χ0n) is 11.5. The molecule has 7 heteroatoms. The van der Waals surface area contributed by atoms with E-state index in [1.54, 1.807) is 0 Å². The van der Waals surface area contributed by atoms with Gasteiger partial charge in [0.15, 0.2) is 0 Å². The van der Waals surface area contributed by atoms with Crippen LogP contribution in [0.2, 0.25) is 0 Å². The molecule has 2 unspecified atom stereocenters. The standard InChI is InChI=1S/C12H20N4O2S/c1-12(2,3)10-15-11(19-16-10)14-6-7-4-5-8(18-7)9(13)17/h7-8H,4-6H2,1-3H3,(H2,13,17)(H,14,15,16). The number of primary amides is 1. The van der Waals surface area contributed by atoms with Crippen LogP contribution >= 0.6 is 11.5 Å². The molecule has 1 aromatic heterocycles. The van der Waals surface area contributed by atoms with E-state index in [2.05, 4.69) is 35.4 Å². The fraction of sp³-hybridized carbons (Fsp3) is 0.750. The van der Waals surface area contributed by atoms with E-state index in [9.17, 15) is 4.79 Å². The van der Waals surface area contributed by atoms with Crippen molar-refractivity contribution >= 4 is 22.6 Å². The largest absolute Gasteiger partial charge is 0.367 e. The summed E-state index contributed by atoms with van der Waals surface area (Å²) >= 11 is 1.35. The first-order chi connectivity index (χ1) is 8.86. The maximum atomic E-state index is 11.0. The van der Waals surface area contributed by atoms with E-state index in [-0.39, 0.29) is 17.4 Å². The van der Waals surface area contributed by atoms with Crippen LogP contribution in [-0.2, 0) is 14.9 Å². The van der Waals surface area contributed by atoms with Crippen LogP contribution in [0.4, 0.5) is 5.13 Å². The molecule has 0 radical (unpaired) electrons. The third-order valence-electron chi connectivity index (χ3n) is 3.00. The SMILES string of the molecule is CC(C)(C)c1nsc(NCC2CCC(C(N)=O)O2)n1. The van der Waals surface area contributed by atoms with Crippen molar-refractivity contribution in [2.24, 2.45) is 5.73 Å². The summed E-state index contributed by atoms with van der Waals surface area (Å²) in [6.45, 7) is 6.87. The summed E-state index contributed by atoms with van der Waals surface area (Å²) in [5.41, 5.74) is 5.17. The molecule has 19 heavy (non-hydrogen) atoms. The highest BCUT2D eigenvalue weighted by Crippen LogP contribution is 2.24. The Bertz CT molecular complexity index is 455. The molecular formula is C12H20N4O2S. The minimum atomic E-state index is -0.439. The molecule has 6 nitrogen and oxygen atoms in total. The predicted octanol–water partition coefficient (Wildman–Crippen LogP) is 1.28. The van der Waals surface area contributed by atoms with Gasteiger partial charge in [0, 0.05) is 23.5 Å². The van der Waals surface area contributed by atoms with E-state index < -0.39 is 6.10 Å². The highest BCUT2D eigenvalue weighted by molar-refractivity contribution is 7.09. The second-order valence-corrected chi connectivity index (χ2v) is 6.53. The van der Waals surface area contributed by atoms with Gasteiger partial charge in [0.1, 0.15) is 11.9 Å². The number of hydrogen-bond donors (Lipinski definition) is 2. The average molecular weight is 284 g/mol. The Morgan fingerprint density at radius 1 is 1.53 bits per heavy atom. The lowest BCUT2D eigenvalue weighted by Gasteiger charge is -2.13. The Balaban J connectivity index is 1.83. The Kier molecular flexibility index (Phi) is 4.05. The number of hydrogen-bond acceptors (Lipinski definition) is 6. The Labute approximate surface area is 116 Å². The highest BCUT2D eigenvalue weighted by atomic mass is 32.1. The van der Waals surface area contributed by atoms with Gasteiger partial charge in [-0.3, -0.25) is 4.79 Å². The quantitative estimate of drug-likeness (QED) is 0.869. The van der Waals surface area contributed by atoms with Crippen LogP contribution in [-0.4, -0.2) is 34.0 Å². The zero-order valence-corrected chi connectivity index (χ0v) is 12.3. The van der Waals surface area contributed by atoms with Gasteiger partial charge < -0.3 is 15.8 Å². The topological polar surface area (TPSA) is 90.1 Å². The Morgan fingerprint density at radius 2 is 2.26 bits per heavy atom. The van der Waals surface area contributed by atoms with Crippen LogP contribution in [0, 0.1) is 0 Å². The smallest absolute Gasteiger partial charge is 0.246 e. The zero-order chi connectivity index (χ0) is 14.0. The van der Waals surface area contributed by atoms with E-state index in [0.29, 0.717) is 13.0 Å². The molecule has 1 aromatic rings. The van der Waals surface area contributed by atoms with Crippen molar-refractivity contribution in [1.29, 1.82) is 0 Å². The van der Waals surface area contributed by atoms with Crippen LogP contribution in [0.15, 0.2) is 0 Å². The second kappa shape index (κ2) is 5.42. The summed E-state index contributed by atoms with van der Waals surface area (Å²) < 4.78 is 9.87. The van der Waals surface area contributed by atoms with Gasteiger partial charge in [-0.15, -0.1) is 0 Å². The van der Waals surface area contributed by atoms with Gasteiger partial charge >= 0.3 is 0 Å². The van der Waals surface area contributed by atoms with Crippen molar-refractivity contribution < 1.29 is 9.53 Å². The van der Waals surface area contributed by atoms with Gasteiger partial charge in [-0.25, -0.2) is 4.98 Å². The summed E-state index contributed by atoms with van der Waals surface area (Å²) in [6, 6.07) is 0. The van der Waals surface area contributed by atoms with Gasteiger partial charge in [0.05, 0.1) is 6.10 Å². The van der Waals surface area contributed by atoms with Crippen molar-refractivity contribution in [2.45, 2.75) is 51.2 Å². The number of amides is 1. The molecule has 1 aliphatic rings. The molecule has 3 N–H and O–H groups in total. The van der Waals surface area contributed by atoms with Crippen LogP contribution in [0.3, 0.4) is 0 Å². The van der Waals surface area contributed by atoms with Crippen LogP contribution in [0.5, 0.6) is 0 Å². The minimum absolute atomic E-state index is 0.0134. The van der Waals surface area contributed by atoms with E-state index in [1.807, 2.05) is 0 Å². The summed E-state index contributed by atoms with van der Waals surface area (Å²) in [4.78, 5) is 15.4. The molecule has 1 aliphatic heterocycles. The molecule has 0 saturated carbocycles. The number of carbonyl (C=O) groups excluding carboxylic acids is 1. The molecule has 0 bridgehead atoms. The molecule has 0 aromatic carbocycles. The van der Waals surface area contributed by atoms with E-state index in [1.165, 1.54) is 11.5 Å². The molecule has 2 rings (SSSR count). The fourth-order valence-electron chi connectivity index (χ4n) is 1.87. The number of nitrogens with zero attached hydrogens (tertiary/aromatic N) is 2. The van der Waals surface area contributed by atoms with Crippen LogP contribution < -0.4 is 11.1 Å². The molecular weight excluding hydrogens is 264 g/mol. The van der Waals surface area contributed by atoms with E-state index in [0.717, 1.165) is 17.4 Å². The number of ether oxygens (including phenoxy) is 1. The number of anilines is 1. The molecule has 1 amide bonds. The first-order valence-electron chi connectivity index (χ1n) is 6.39. The van der Waals surface area contributed by atoms with Crippen LogP contribution in [0.1, 0.15) is 39.4 Å². The lowest BCUT2D eigenvalue weighted by molar-refractivity contribution is -0.128. The van der Waals surface area contributed by atoms with Crippen LogP contribution in [0.25, 0.3) is 0 Å². The molecule has 2 atom stereocenters. The number of nitrogens with one attached hydrogen (secondary N) is 1. The second-order valence-electron chi connectivity index (χ2n) is 5.78. The Morgan fingerprint density at radius 3 is 2.79 bits per heavy atom. The fourth-order valence-corrected chi connectivity index (χ4v) is 2.63. The maximum absolute atomic E-state index is 11.0. The predicted molar refractivity (Wildman–Crippen MR) is 74.2 cm³/mol. The summed E-state index contributed by atoms with van der Waals surface area (Å²) in [5.74, 6) is 0.454. The number of rotatable bonds is 4. The van der Waals surface area contributed by atoms with Crippen molar-refractivity contribution in [3.8, 4) is 0 Å². The lowest BCUT2D eigenvalue weighted by Crippen LogP contribution is -2.30. The molecule has 1 fully saturated rings. The Hall–Kier alpha value is -1.21. The maximum Gasteiger partial charge on any atom is 0.246 e.